The van der Waals surface area contributed by atoms with Crippen molar-refractivity contribution in [3.8, 4) is 0 Å². The third-order valence-corrected chi connectivity index (χ3v) is 4.15. The van der Waals surface area contributed by atoms with Crippen molar-refractivity contribution >= 4 is 15.9 Å². The van der Waals surface area contributed by atoms with E-state index in [4.69, 9.17) is 0 Å². The lowest BCUT2D eigenvalue weighted by Gasteiger charge is -2.18. The van der Waals surface area contributed by atoms with Crippen molar-refractivity contribution < 1.29 is 0 Å². The fraction of sp³-hybridized carbons (Fsp3) is 0.333. The third-order valence-electron chi connectivity index (χ3n) is 3.62. The van der Waals surface area contributed by atoms with E-state index in [-0.39, 0.29) is 6.04 Å². The summed E-state index contributed by atoms with van der Waals surface area (Å²) in [6.07, 6.45) is 3.70. The second-order valence-electron chi connectivity index (χ2n) is 5.12. The van der Waals surface area contributed by atoms with Crippen LogP contribution < -0.4 is 5.32 Å². The highest BCUT2D eigenvalue weighted by molar-refractivity contribution is 9.10. The normalized spacial score (nSPS) is 12.3. The number of hydrogen-bond donors (Lipinski definition) is 1. The summed E-state index contributed by atoms with van der Waals surface area (Å²) in [5.74, 6) is 0. The third kappa shape index (κ3) is 3.94. The SMILES string of the molecule is CCCCc1ccc(C(NC)c2ccc(Br)cc2)cc1. The number of rotatable bonds is 6. The number of aryl methyl sites for hydroxylation is 1. The standard InChI is InChI=1S/C18H22BrN/c1-3-4-5-14-6-8-15(9-7-14)18(20-2)16-10-12-17(19)13-11-16/h6-13,18,20H,3-5H2,1-2H3. The van der Waals surface area contributed by atoms with Gasteiger partial charge in [0, 0.05) is 4.47 Å². The zero-order chi connectivity index (χ0) is 14.4. The number of unbranched alkanes of at least 4 members (excludes halogenated alkanes) is 1. The molecular weight excluding hydrogens is 310 g/mol. The molecule has 0 aliphatic heterocycles. The van der Waals surface area contributed by atoms with Crippen LogP contribution in [0.1, 0.15) is 42.5 Å². The number of hydrogen-bond acceptors (Lipinski definition) is 1. The number of benzene rings is 2. The Morgan fingerprint density at radius 2 is 1.50 bits per heavy atom. The van der Waals surface area contributed by atoms with Gasteiger partial charge >= 0.3 is 0 Å². The predicted molar refractivity (Wildman–Crippen MR) is 90.1 cm³/mol. The highest BCUT2D eigenvalue weighted by Crippen LogP contribution is 2.24. The molecule has 2 aromatic rings. The zero-order valence-electron chi connectivity index (χ0n) is 12.2. The summed E-state index contributed by atoms with van der Waals surface area (Å²) in [5.41, 5.74) is 4.04. The molecule has 1 unspecified atom stereocenters. The quantitative estimate of drug-likeness (QED) is 0.776. The molecule has 0 amide bonds. The average molecular weight is 332 g/mol. The molecule has 0 spiro atoms. The van der Waals surface area contributed by atoms with Gasteiger partial charge < -0.3 is 5.32 Å². The van der Waals surface area contributed by atoms with Gasteiger partial charge in [-0.2, -0.15) is 0 Å². The highest BCUT2D eigenvalue weighted by Gasteiger charge is 2.11. The van der Waals surface area contributed by atoms with Gasteiger partial charge in [0.05, 0.1) is 6.04 Å². The van der Waals surface area contributed by atoms with E-state index < -0.39 is 0 Å². The molecule has 0 radical (unpaired) electrons. The Labute approximate surface area is 130 Å². The highest BCUT2D eigenvalue weighted by atomic mass is 79.9. The first-order valence-electron chi connectivity index (χ1n) is 7.26. The molecule has 1 N–H and O–H groups in total. The van der Waals surface area contributed by atoms with Gasteiger partial charge in [-0.05, 0) is 48.7 Å². The summed E-state index contributed by atoms with van der Waals surface area (Å²) in [6, 6.07) is 17.8. The van der Waals surface area contributed by atoms with E-state index in [0.29, 0.717) is 0 Å². The first-order valence-corrected chi connectivity index (χ1v) is 8.05. The Kier molecular flexibility index (Phi) is 5.81. The minimum atomic E-state index is 0.253. The van der Waals surface area contributed by atoms with Gasteiger partial charge in [-0.3, -0.25) is 0 Å². The Morgan fingerprint density at radius 3 is 2.00 bits per heavy atom. The second-order valence-corrected chi connectivity index (χ2v) is 6.03. The van der Waals surface area contributed by atoms with E-state index in [1.54, 1.807) is 0 Å². The summed E-state index contributed by atoms with van der Waals surface area (Å²) in [6.45, 7) is 2.24. The molecule has 20 heavy (non-hydrogen) atoms. The van der Waals surface area contributed by atoms with Crippen LogP contribution in [0.25, 0.3) is 0 Å². The number of halogens is 1. The smallest absolute Gasteiger partial charge is 0.0574 e. The van der Waals surface area contributed by atoms with E-state index in [2.05, 4.69) is 76.7 Å². The minimum Gasteiger partial charge on any atom is -0.309 e. The molecule has 2 heteroatoms. The van der Waals surface area contributed by atoms with Crippen molar-refractivity contribution in [3.05, 3.63) is 69.7 Å². The zero-order valence-corrected chi connectivity index (χ0v) is 13.8. The van der Waals surface area contributed by atoms with Crippen molar-refractivity contribution in [3.63, 3.8) is 0 Å². The number of nitrogens with one attached hydrogen (secondary N) is 1. The van der Waals surface area contributed by atoms with Crippen LogP contribution in [-0.4, -0.2) is 7.05 Å². The molecule has 0 aliphatic rings. The summed E-state index contributed by atoms with van der Waals surface area (Å²) in [7, 11) is 2.01. The molecule has 0 saturated heterocycles. The Morgan fingerprint density at radius 1 is 0.950 bits per heavy atom. The Bertz CT molecular complexity index is 516. The van der Waals surface area contributed by atoms with E-state index in [1.165, 1.54) is 36.0 Å². The molecule has 0 bridgehead atoms. The van der Waals surface area contributed by atoms with E-state index >= 15 is 0 Å². The van der Waals surface area contributed by atoms with Crippen LogP contribution in [0.4, 0.5) is 0 Å². The van der Waals surface area contributed by atoms with Crippen molar-refractivity contribution in [1.29, 1.82) is 0 Å². The fourth-order valence-electron chi connectivity index (χ4n) is 2.44. The molecule has 2 aromatic carbocycles. The van der Waals surface area contributed by atoms with Gasteiger partial charge in [0.2, 0.25) is 0 Å². The monoisotopic (exact) mass is 331 g/mol. The molecular formula is C18H22BrN. The lowest BCUT2D eigenvalue weighted by molar-refractivity contribution is 0.691. The van der Waals surface area contributed by atoms with Crippen molar-refractivity contribution in [2.75, 3.05) is 7.05 Å². The first kappa shape index (κ1) is 15.3. The lowest BCUT2D eigenvalue weighted by Crippen LogP contribution is -2.17. The van der Waals surface area contributed by atoms with Gasteiger partial charge in [0.15, 0.2) is 0 Å². The average Bonchev–Trinajstić information content (AvgIpc) is 2.49. The molecule has 106 valence electrons. The lowest BCUT2D eigenvalue weighted by atomic mass is 9.97. The maximum Gasteiger partial charge on any atom is 0.0574 e. The van der Waals surface area contributed by atoms with E-state index in [0.717, 1.165) is 4.47 Å². The molecule has 0 saturated carbocycles. The van der Waals surface area contributed by atoms with Crippen LogP contribution in [0.3, 0.4) is 0 Å². The van der Waals surface area contributed by atoms with Gasteiger partial charge in [-0.1, -0.05) is 65.7 Å². The van der Waals surface area contributed by atoms with E-state index in [1.807, 2.05) is 7.05 Å². The van der Waals surface area contributed by atoms with Crippen LogP contribution >= 0.6 is 15.9 Å². The van der Waals surface area contributed by atoms with Crippen molar-refractivity contribution in [2.24, 2.45) is 0 Å². The van der Waals surface area contributed by atoms with Crippen LogP contribution in [0, 0.1) is 0 Å². The fourth-order valence-corrected chi connectivity index (χ4v) is 2.70. The van der Waals surface area contributed by atoms with Crippen LogP contribution in [0.2, 0.25) is 0 Å². The summed E-state index contributed by atoms with van der Waals surface area (Å²) in [5, 5.41) is 3.40. The molecule has 1 nitrogen and oxygen atoms in total. The van der Waals surface area contributed by atoms with Crippen LogP contribution in [0.5, 0.6) is 0 Å². The van der Waals surface area contributed by atoms with Gasteiger partial charge in [-0.25, -0.2) is 0 Å². The molecule has 1 atom stereocenters. The van der Waals surface area contributed by atoms with Crippen LogP contribution in [-0.2, 0) is 6.42 Å². The second kappa shape index (κ2) is 7.61. The maximum atomic E-state index is 3.49. The van der Waals surface area contributed by atoms with Gasteiger partial charge in [-0.15, -0.1) is 0 Å². The summed E-state index contributed by atoms with van der Waals surface area (Å²) >= 11 is 3.49. The molecule has 2 rings (SSSR count). The minimum absolute atomic E-state index is 0.253. The summed E-state index contributed by atoms with van der Waals surface area (Å²) in [4.78, 5) is 0. The van der Waals surface area contributed by atoms with Crippen LogP contribution in [0.15, 0.2) is 53.0 Å². The first-order chi connectivity index (χ1) is 9.74. The molecule has 0 aliphatic carbocycles. The Hall–Kier alpha value is -1.12. The van der Waals surface area contributed by atoms with Gasteiger partial charge in [0.25, 0.3) is 0 Å². The van der Waals surface area contributed by atoms with Crippen molar-refractivity contribution in [1.82, 2.24) is 5.32 Å². The molecule has 0 aromatic heterocycles. The van der Waals surface area contributed by atoms with Crippen molar-refractivity contribution in [2.45, 2.75) is 32.2 Å². The van der Waals surface area contributed by atoms with E-state index in [9.17, 15) is 0 Å². The maximum absolute atomic E-state index is 3.49. The topological polar surface area (TPSA) is 12.0 Å². The Balaban J connectivity index is 2.17. The predicted octanol–water partition coefficient (Wildman–Crippen LogP) is 5.10. The molecule has 0 heterocycles. The molecule has 0 fully saturated rings. The summed E-state index contributed by atoms with van der Waals surface area (Å²) < 4.78 is 1.12. The largest absolute Gasteiger partial charge is 0.309 e. The van der Waals surface area contributed by atoms with Gasteiger partial charge in [0.1, 0.15) is 0 Å².